The van der Waals surface area contributed by atoms with E-state index >= 15 is 0 Å². The van der Waals surface area contributed by atoms with Crippen LogP contribution in [0.25, 0.3) is 10.9 Å². The number of hydrogen-bond donors (Lipinski definition) is 7. The van der Waals surface area contributed by atoms with E-state index in [-0.39, 0.29) is 12.8 Å². The lowest BCUT2D eigenvalue weighted by molar-refractivity contribution is -0.141. The van der Waals surface area contributed by atoms with Crippen molar-refractivity contribution in [2.24, 2.45) is 5.73 Å². The fraction of sp³-hybridized carbons (Fsp3) is 0.375. The van der Waals surface area contributed by atoms with E-state index in [1.54, 1.807) is 37.4 Å². The first-order valence-corrected chi connectivity index (χ1v) is 16.1. The molecule has 3 rings (SSSR count). The van der Waals surface area contributed by atoms with Gasteiger partial charge >= 0.3 is 5.97 Å². The first kappa shape index (κ1) is 35.6. The van der Waals surface area contributed by atoms with Crippen LogP contribution in [0.3, 0.4) is 0 Å². The number of carbonyl (C=O) groups is 6. The zero-order valence-corrected chi connectivity index (χ0v) is 26.7. The Morgan fingerprint density at radius 1 is 0.848 bits per heavy atom. The van der Waals surface area contributed by atoms with E-state index in [1.165, 1.54) is 18.7 Å². The van der Waals surface area contributed by atoms with Crippen LogP contribution in [-0.4, -0.2) is 81.8 Å². The summed E-state index contributed by atoms with van der Waals surface area (Å²) in [7, 11) is 0. The number of carboxylic acids is 1. The number of amides is 5. The maximum absolute atomic E-state index is 13.5. The van der Waals surface area contributed by atoms with Gasteiger partial charge in [-0.2, -0.15) is 11.8 Å². The van der Waals surface area contributed by atoms with Crippen molar-refractivity contribution < 1.29 is 33.9 Å². The second-order valence-electron chi connectivity index (χ2n) is 11.0. The number of fused-ring (bicyclic) bond motifs is 1. The van der Waals surface area contributed by atoms with Gasteiger partial charge in [0.15, 0.2) is 0 Å². The van der Waals surface area contributed by atoms with Gasteiger partial charge in [0.25, 0.3) is 0 Å². The fourth-order valence-corrected chi connectivity index (χ4v) is 5.43. The summed E-state index contributed by atoms with van der Waals surface area (Å²) in [4.78, 5) is 78.2. The molecule has 2 aromatic carbocycles. The third-order valence-electron chi connectivity index (χ3n) is 7.22. The number of primary amides is 1. The molecule has 0 bridgehead atoms. The van der Waals surface area contributed by atoms with Gasteiger partial charge in [-0.15, -0.1) is 0 Å². The Balaban J connectivity index is 1.71. The standard InChI is InChI=1S/C32H40N6O7S/c1-18(14-20-8-10-21(11-9-20)29(33)42)35-31(44)27(16-28(40)41)38-30(43)25(12-13-46-3)37-32(45)26(36-19(2)39)15-22-17-34-24-7-5-4-6-23(22)24/h4-11,17-18,25-27,34H,12-16H2,1-3H3,(H2,33,42)(H,35,44)(H,36,39)(H,37,45)(H,38,43)(H,40,41)/t18-,25+,26+,27+/m1/s1. The quantitative estimate of drug-likeness (QED) is 0.113. The van der Waals surface area contributed by atoms with Crippen molar-refractivity contribution in [1.29, 1.82) is 0 Å². The van der Waals surface area contributed by atoms with E-state index in [1.807, 2.05) is 30.5 Å². The molecule has 0 unspecified atom stereocenters. The topological polar surface area (TPSA) is 213 Å². The Morgan fingerprint density at radius 3 is 2.11 bits per heavy atom. The molecule has 0 spiro atoms. The van der Waals surface area contributed by atoms with Gasteiger partial charge in [0, 0.05) is 42.0 Å². The van der Waals surface area contributed by atoms with Gasteiger partial charge in [0.2, 0.25) is 29.5 Å². The van der Waals surface area contributed by atoms with Crippen LogP contribution >= 0.6 is 11.8 Å². The first-order chi connectivity index (χ1) is 21.9. The minimum atomic E-state index is -1.42. The van der Waals surface area contributed by atoms with Gasteiger partial charge in [-0.1, -0.05) is 30.3 Å². The molecule has 13 nitrogen and oxygen atoms in total. The average Bonchev–Trinajstić information content (AvgIpc) is 3.40. The third-order valence-corrected chi connectivity index (χ3v) is 7.86. The SMILES string of the molecule is CSCC[C@H](NC(=O)[C@H](Cc1c[nH]c2ccccc12)NC(C)=O)C(=O)N[C@@H](CC(=O)O)C(=O)N[C@H](C)Cc1ccc(C(N)=O)cc1. The van der Waals surface area contributed by atoms with Crippen LogP contribution in [0.4, 0.5) is 0 Å². The molecule has 0 aliphatic carbocycles. The van der Waals surface area contributed by atoms with E-state index in [4.69, 9.17) is 5.73 Å². The molecular weight excluding hydrogens is 612 g/mol. The average molecular weight is 653 g/mol. The Hall–Kier alpha value is -4.85. The number of nitrogens with two attached hydrogens (primary N) is 1. The number of nitrogens with one attached hydrogen (secondary N) is 5. The van der Waals surface area contributed by atoms with Gasteiger partial charge in [-0.05, 0) is 61.1 Å². The van der Waals surface area contributed by atoms with Crippen molar-refractivity contribution in [3.63, 3.8) is 0 Å². The molecule has 5 amide bonds. The lowest BCUT2D eigenvalue weighted by Crippen LogP contribution is -2.58. The first-order valence-electron chi connectivity index (χ1n) is 14.7. The highest BCUT2D eigenvalue weighted by molar-refractivity contribution is 7.98. The predicted molar refractivity (Wildman–Crippen MR) is 175 cm³/mol. The zero-order chi connectivity index (χ0) is 33.8. The summed E-state index contributed by atoms with van der Waals surface area (Å²) in [6.07, 6.45) is 3.62. The van der Waals surface area contributed by atoms with Gasteiger partial charge in [-0.25, -0.2) is 0 Å². The minimum Gasteiger partial charge on any atom is -0.481 e. The summed E-state index contributed by atoms with van der Waals surface area (Å²) < 4.78 is 0. The molecule has 8 N–H and O–H groups in total. The van der Waals surface area contributed by atoms with Crippen molar-refractivity contribution in [3.8, 4) is 0 Å². The molecule has 0 aliphatic rings. The summed E-state index contributed by atoms with van der Waals surface area (Å²) in [6, 6.07) is 10.1. The van der Waals surface area contributed by atoms with Crippen molar-refractivity contribution in [1.82, 2.24) is 26.3 Å². The van der Waals surface area contributed by atoms with Crippen LogP contribution in [0.2, 0.25) is 0 Å². The molecule has 0 saturated carbocycles. The number of para-hydroxylation sites is 1. The molecule has 0 aliphatic heterocycles. The number of carbonyl (C=O) groups excluding carboxylic acids is 5. The van der Waals surface area contributed by atoms with Crippen molar-refractivity contribution in [2.75, 3.05) is 12.0 Å². The monoisotopic (exact) mass is 652 g/mol. The van der Waals surface area contributed by atoms with Crippen LogP contribution in [0.5, 0.6) is 0 Å². The predicted octanol–water partition coefficient (Wildman–Crippen LogP) is 1.26. The van der Waals surface area contributed by atoms with Crippen molar-refractivity contribution >= 4 is 58.2 Å². The number of aromatic nitrogens is 1. The van der Waals surface area contributed by atoms with E-state index in [0.717, 1.165) is 22.0 Å². The maximum Gasteiger partial charge on any atom is 0.305 e. The van der Waals surface area contributed by atoms with Crippen LogP contribution < -0.4 is 27.0 Å². The van der Waals surface area contributed by atoms with Gasteiger partial charge < -0.3 is 37.1 Å². The molecule has 0 saturated heterocycles. The Bertz CT molecular complexity index is 1560. The Labute approximate surface area is 270 Å². The van der Waals surface area contributed by atoms with E-state index < -0.39 is 66.1 Å². The summed E-state index contributed by atoms with van der Waals surface area (Å²) in [6.45, 7) is 3.01. The van der Waals surface area contributed by atoms with Crippen molar-refractivity contribution in [2.45, 2.75) is 63.7 Å². The van der Waals surface area contributed by atoms with E-state index in [2.05, 4.69) is 26.3 Å². The van der Waals surface area contributed by atoms with Crippen molar-refractivity contribution in [3.05, 3.63) is 71.4 Å². The normalized spacial score (nSPS) is 13.5. The molecule has 14 heteroatoms. The zero-order valence-electron chi connectivity index (χ0n) is 25.9. The molecule has 0 fully saturated rings. The lowest BCUT2D eigenvalue weighted by atomic mass is 10.0. The second-order valence-corrected chi connectivity index (χ2v) is 12.0. The summed E-state index contributed by atoms with van der Waals surface area (Å²) in [5.41, 5.74) is 8.09. The summed E-state index contributed by atoms with van der Waals surface area (Å²) in [5, 5.41) is 21.0. The molecule has 4 atom stereocenters. The molecule has 0 radical (unpaired) electrons. The van der Waals surface area contributed by atoms with Gasteiger partial charge in [0.1, 0.15) is 18.1 Å². The smallest absolute Gasteiger partial charge is 0.305 e. The van der Waals surface area contributed by atoms with E-state index in [9.17, 15) is 33.9 Å². The Morgan fingerprint density at radius 2 is 1.48 bits per heavy atom. The number of aromatic amines is 1. The lowest BCUT2D eigenvalue weighted by Gasteiger charge is -2.25. The van der Waals surface area contributed by atoms with Gasteiger partial charge in [-0.3, -0.25) is 28.8 Å². The fourth-order valence-electron chi connectivity index (χ4n) is 4.96. The minimum absolute atomic E-state index is 0.152. The number of H-pyrrole nitrogens is 1. The highest BCUT2D eigenvalue weighted by Crippen LogP contribution is 2.19. The summed E-state index contributed by atoms with van der Waals surface area (Å²) >= 11 is 1.44. The number of hydrogen-bond acceptors (Lipinski definition) is 7. The number of carboxylic acid groups (broad SMARTS) is 1. The van der Waals surface area contributed by atoms with Crippen LogP contribution in [0.1, 0.15) is 48.2 Å². The molecule has 1 heterocycles. The highest BCUT2D eigenvalue weighted by atomic mass is 32.2. The van der Waals surface area contributed by atoms with Crippen LogP contribution in [0, 0.1) is 0 Å². The number of thioether (sulfide) groups is 1. The number of benzene rings is 2. The number of aliphatic carboxylic acids is 1. The molecular formula is C32H40N6O7S. The molecule has 3 aromatic rings. The third kappa shape index (κ3) is 10.6. The van der Waals surface area contributed by atoms with Crippen LogP contribution in [0.15, 0.2) is 54.7 Å². The second kappa shape index (κ2) is 17.0. The largest absolute Gasteiger partial charge is 0.481 e. The van der Waals surface area contributed by atoms with Gasteiger partial charge in [0.05, 0.1) is 6.42 Å². The Kier molecular flexibility index (Phi) is 13.2. The maximum atomic E-state index is 13.5. The molecule has 246 valence electrons. The molecule has 46 heavy (non-hydrogen) atoms. The van der Waals surface area contributed by atoms with Crippen LogP contribution in [-0.2, 0) is 36.8 Å². The highest BCUT2D eigenvalue weighted by Gasteiger charge is 2.31. The number of rotatable bonds is 17. The summed E-state index contributed by atoms with van der Waals surface area (Å²) in [5.74, 6) is -3.85. The molecule has 1 aromatic heterocycles. The van der Waals surface area contributed by atoms with E-state index in [0.29, 0.717) is 17.7 Å².